The molecule has 2 heterocycles. The van der Waals surface area contributed by atoms with Crippen molar-refractivity contribution < 1.29 is 9.53 Å². The Kier molecular flexibility index (Phi) is 4.98. The zero-order chi connectivity index (χ0) is 15.4. The summed E-state index contributed by atoms with van der Waals surface area (Å²) in [7, 11) is 2.16. The molecule has 4 nitrogen and oxygen atoms in total. The minimum Gasteiger partial charge on any atom is -0.381 e. The lowest BCUT2D eigenvalue weighted by molar-refractivity contribution is -0.140. The molecule has 1 aromatic carbocycles. The molecule has 1 unspecified atom stereocenters. The van der Waals surface area contributed by atoms with Crippen LogP contribution in [0, 0.1) is 5.92 Å². The van der Waals surface area contributed by atoms with Gasteiger partial charge in [-0.15, -0.1) is 0 Å². The van der Waals surface area contributed by atoms with E-state index in [1.807, 2.05) is 6.07 Å². The lowest BCUT2D eigenvalue weighted by Gasteiger charge is -2.39. The number of amides is 1. The number of benzene rings is 1. The highest BCUT2D eigenvalue weighted by Gasteiger charge is 2.30. The van der Waals surface area contributed by atoms with E-state index >= 15 is 0 Å². The van der Waals surface area contributed by atoms with Crippen molar-refractivity contribution in [2.45, 2.75) is 31.7 Å². The summed E-state index contributed by atoms with van der Waals surface area (Å²) in [5.41, 5.74) is 1.26. The molecular formula is C18H26N2O2. The van der Waals surface area contributed by atoms with Gasteiger partial charge in [0.15, 0.2) is 0 Å². The number of ether oxygens (including phenoxy) is 1. The van der Waals surface area contributed by atoms with Crippen molar-refractivity contribution in [3.05, 3.63) is 30.3 Å². The van der Waals surface area contributed by atoms with E-state index in [-0.39, 0.29) is 5.92 Å². The SMILES string of the molecule is CN(c1ccccc1)C1CCN(C(=O)C2CCCOC2)CC1. The molecule has 2 fully saturated rings. The van der Waals surface area contributed by atoms with Gasteiger partial charge in [-0.05, 0) is 37.8 Å². The number of nitrogens with zero attached hydrogens (tertiary/aromatic N) is 2. The van der Waals surface area contributed by atoms with Crippen LogP contribution in [0.2, 0.25) is 0 Å². The summed E-state index contributed by atoms with van der Waals surface area (Å²) in [5, 5.41) is 0. The number of rotatable bonds is 3. The van der Waals surface area contributed by atoms with Gasteiger partial charge in [0.25, 0.3) is 0 Å². The van der Waals surface area contributed by atoms with E-state index in [2.05, 4.69) is 41.1 Å². The maximum atomic E-state index is 12.5. The van der Waals surface area contributed by atoms with E-state index in [0.717, 1.165) is 45.4 Å². The Hall–Kier alpha value is -1.55. The fourth-order valence-corrected chi connectivity index (χ4v) is 3.54. The molecule has 1 atom stereocenters. The Labute approximate surface area is 133 Å². The van der Waals surface area contributed by atoms with E-state index in [0.29, 0.717) is 18.6 Å². The minimum atomic E-state index is 0.0946. The van der Waals surface area contributed by atoms with Gasteiger partial charge in [-0.1, -0.05) is 18.2 Å². The molecule has 0 bridgehead atoms. The smallest absolute Gasteiger partial charge is 0.228 e. The number of hydrogen-bond acceptors (Lipinski definition) is 3. The molecule has 1 amide bonds. The van der Waals surface area contributed by atoms with Gasteiger partial charge in [-0.2, -0.15) is 0 Å². The zero-order valence-corrected chi connectivity index (χ0v) is 13.4. The summed E-state index contributed by atoms with van der Waals surface area (Å²) >= 11 is 0. The summed E-state index contributed by atoms with van der Waals surface area (Å²) in [5.74, 6) is 0.401. The molecule has 0 saturated carbocycles. The average Bonchev–Trinajstić information content (AvgIpc) is 2.62. The lowest BCUT2D eigenvalue weighted by Crippen LogP contribution is -2.48. The molecule has 0 aliphatic carbocycles. The molecule has 0 N–H and O–H groups in total. The summed E-state index contributed by atoms with van der Waals surface area (Å²) in [4.78, 5) is 16.9. The molecule has 1 aromatic rings. The third-order valence-electron chi connectivity index (χ3n) is 5.00. The largest absolute Gasteiger partial charge is 0.381 e. The van der Waals surface area contributed by atoms with Crippen molar-refractivity contribution in [2.24, 2.45) is 5.92 Å². The number of para-hydroxylation sites is 1. The molecular weight excluding hydrogens is 276 g/mol. The first kappa shape index (κ1) is 15.3. The summed E-state index contributed by atoms with van der Waals surface area (Å²) < 4.78 is 5.46. The number of carbonyl (C=O) groups is 1. The zero-order valence-electron chi connectivity index (χ0n) is 13.4. The van der Waals surface area contributed by atoms with Gasteiger partial charge in [-0.3, -0.25) is 4.79 Å². The fourth-order valence-electron chi connectivity index (χ4n) is 3.54. The highest BCUT2D eigenvalue weighted by Crippen LogP contribution is 2.24. The van der Waals surface area contributed by atoms with E-state index in [9.17, 15) is 4.79 Å². The van der Waals surface area contributed by atoms with Crippen LogP contribution < -0.4 is 4.90 Å². The summed E-state index contributed by atoms with van der Waals surface area (Å²) in [6.07, 6.45) is 4.10. The Bertz CT molecular complexity index is 477. The summed E-state index contributed by atoms with van der Waals surface area (Å²) in [6.45, 7) is 3.17. The molecule has 0 spiro atoms. The van der Waals surface area contributed by atoms with Crippen LogP contribution in [0.4, 0.5) is 5.69 Å². The van der Waals surface area contributed by atoms with Crippen LogP contribution in [0.3, 0.4) is 0 Å². The van der Waals surface area contributed by atoms with Crippen LogP contribution in [0.15, 0.2) is 30.3 Å². The summed E-state index contributed by atoms with van der Waals surface area (Å²) in [6, 6.07) is 11.0. The maximum absolute atomic E-state index is 12.5. The van der Waals surface area contributed by atoms with Crippen molar-refractivity contribution >= 4 is 11.6 Å². The van der Waals surface area contributed by atoms with Crippen LogP contribution in [0.1, 0.15) is 25.7 Å². The molecule has 0 radical (unpaired) electrons. The lowest BCUT2D eigenvalue weighted by atomic mass is 9.97. The van der Waals surface area contributed by atoms with Crippen LogP contribution in [0.5, 0.6) is 0 Å². The van der Waals surface area contributed by atoms with Gasteiger partial charge in [0, 0.05) is 38.5 Å². The van der Waals surface area contributed by atoms with Gasteiger partial charge in [0.1, 0.15) is 0 Å². The molecule has 22 heavy (non-hydrogen) atoms. The van der Waals surface area contributed by atoms with E-state index in [4.69, 9.17) is 4.74 Å². The number of hydrogen-bond donors (Lipinski definition) is 0. The van der Waals surface area contributed by atoms with E-state index in [1.165, 1.54) is 5.69 Å². The van der Waals surface area contributed by atoms with Crippen LogP contribution in [-0.2, 0) is 9.53 Å². The molecule has 4 heteroatoms. The third kappa shape index (κ3) is 3.43. The first-order chi connectivity index (χ1) is 10.8. The highest BCUT2D eigenvalue weighted by atomic mass is 16.5. The van der Waals surface area contributed by atoms with Gasteiger partial charge in [0.2, 0.25) is 5.91 Å². The Morgan fingerprint density at radius 2 is 1.91 bits per heavy atom. The highest BCUT2D eigenvalue weighted by molar-refractivity contribution is 5.79. The minimum absolute atomic E-state index is 0.0946. The second-order valence-electron chi connectivity index (χ2n) is 6.42. The van der Waals surface area contributed by atoms with Crippen LogP contribution in [-0.4, -0.2) is 50.2 Å². The topological polar surface area (TPSA) is 32.8 Å². The molecule has 0 aromatic heterocycles. The van der Waals surface area contributed by atoms with Gasteiger partial charge in [-0.25, -0.2) is 0 Å². The van der Waals surface area contributed by atoms with E-state index in [1.54, 1.807) is 0 Å². The van der Waals surface area contributed by atoms with Crippen LogP contribution >= 0.6 is 0 Å². The fraction of sp³-hybridized carbons (Fsp3) is 0.611. The number of likely N-dealkylation sites (tertiary alicyclic amines) is 1. The second kappa shape index (κ2) is 7.14. The number of carbonyl (C=O) groups excluding carboxylic acids is 1. The van der Waals surface area contributed by atoms with Gasteiger partial charge in [0.05, 0.1) is 12.5 Å². The molecule has 2 saturated heterocycles. The van der Waals surface area contributed by atoms with Crippen molar-refractivity contribution in [1.82, 2.24) is 4.90 Å². The standard InChI is InChI=1S/C18H26N2O2/c1-19(16-7-3-2-4-8-16)17-9-11-20(12-10-17)18(21)15-6-5-13-22-14-15/h2-4,7-8,15,17H,5-6,9-14H2,1H3. The van der Waals surface area contributed by atoms with Crippen molar-refractivity contribution in [2.75, 3.05) is 38.3 Å². The van der Waals surface area contributed by atoms with Gasteiger partial charge >= 0.3 is 0 Å². The van der Waals surface area contributed by atoms with Crippen molar-refractivity contribution in [3.63, 3.8) is 0 Å². The Morgan fingerprint density at radius 3 is 2.55 bits per heavy atom. The maximum Gasteiger partial charge on any atom is 0.228 e. The first-order valence-corrected chi connectivity index (χ1v) is 8.40. The van der Waals surface area contributed by atoms with E-state index < -0.39 is 0 Å². The van der Waals surface area contributed by atoms with Crippen molar-refractivity contribution in [1.29, 1.82) is 0 Å². The third-order valence-corrected chi connectivity index (χ3v) is 5.00. The number of piperidine rings is 1. The monoisotopic (exact) mass is 302 g/mol. The van der Waals surface area contributed by atoms with Gasteiger partial charge < -0.3 is 14.5 Å². The van der Waals surface area contributed by atoms with Crippen LogP contribution in [0.25, 0.3) is 0 Å². The Morgan fingerprint density at radius 1 is 1.18 bits per heavy atom. The number of anilines is 1. The normalized spacial score (nSPS) is 23.3. The predicted octanol–water partition coefficient (Wildman–Crippen LogP) is 2.54. The quantitative estimate of drug-likeness (QED) is 0.860. The molecule has 2 aliphatic heterocycles. The second-order valence-corrected chi connectivity index (χ2v) is 6.42. The molecule has 3 rings (SSSR count). The predicted molar refractivity (Wildman–Crippen MR) is 88.0 cm³/mol. The first-order valence-electron chi connectivity index (χ1n) is 8.40. The molecule has 2 aliphatic rings. The van der Waals surface area contributed by atoms with Crippen molar-refractivity contribution in [3.8, 4) is 0 Å². The molecule has 120 valence electrons. The average molecular weight is 302 g/mol. The Balaban J connectivity index is 1.52.